The molecule has 7 unspecified atom stereocenters. The van der Waals surface area contributed by atoms with Crippen LogP contribution in [0.1, 0.15) is 251 Å². The van der Waals surface area contributed by atoms with Gasteiger partial charge in [0.2, 0.25) is 5.91 Å². The lowest BCUT2D eigenvalue weighted by atomic mass is 9.99. The number of nitrogens with one attached hydrogen (secondary N) is 1. The Hall–Kier alpha value is -2.38. The highest BCUT2D eigenvalue weighted by Gasteiger charge is 2.44. The molecule has 408 valence electrons. The van der Waals surface area contributed by atoms with Gasteiger partial charge in [0, 0.05) is 12.8 Å². The van der Waals surface area contributed by atoms with Crippen molar-refractivity contribution in [2.45, 2.75) is 294 Å². The van der Waals surface area contributed by atoms with E-state index in [0.29, 0.717) is 19.4 Å². The summed E-state index contributed by atoms with van der Waals surface area (Å²) >= 11 is 0. The topological polar surface area (TPSA) is 175 Å². The zero-order valence-corrected chi connectivity index (χ0v) is 44.7. The summed E-state index contributed by atoms with van der Waals surface area (Å²) < 4.78 is 16.6. The van der Waals surface area contributed by atoms with Gasteiger partial charge in [0.15, 0.2) is 6.29 Å². The van der Waals surface area contributed by atoms with Gasteiger partial charge in [-0.15, -0.1) is 0 Å². The van der Waals surface area contributed by atoms with Crippen molar-refractivity contribution in [2.24, 2.45) is 0 Å². The molecule has 1 aliphatic heterocycles. The summed E-state index contributed by atoms with van der Waals surface area (Å²) in [7, 11) is 0. The second-order valence-electron chi connectivity index (χ2n) is 20.0. The Morgan fingerprint density at radius 2 is 0.957 bits per heavy atom. The Kier molecular flexibility index (Phi) is 45.8. The highest BCUT2D eigenvalue weighted by Crippen LogP contribution is 2.23. The van der Waals surface area contributed by atoms with Crippen LogP contribution >= 0.6 is 0 Å². The maximum Gasteiger partial charge on any atom is 0.305 e. The first kappa shape index (κ1) is 65.6. The van der Waals surface area contributed by atoms with Crippen molar-refractivity contribution in [1.29, 1.82) is 0 Å². The molecule has 0 radical (unpaired) electrons. The average Bonchev–Trinajstić information content (AvgIpc) is 3.36. The zero-order valence-electron chi connectivity index (χ0n) is 44.7. The molecule has 0 spiro atoms. The van der Waals surface area contributed by atoms with Gasteiger partial charge >= 0.3 is 5.97 Å². The fraction of sp³-hybridized carbons (Fsp3) is 0.831. The average molecular weight is 991 g/mol. The Morgan fingerprint density at radius 3 is 1.46 bits per heavy atom. The number of aliphatic hydroxyl groups excluding tert-OH is 5. The standard InChI is InChI=1S/C59H107NO10/c1-3-5-7-9-11-13-14-15-24-27-31-35-39-43-47-55(64)68-48-44-40-36-32-28-25-22-20-18-16-17-19-21-23-26-30-34-38-42-46-54(63)60-51(52(62)45-41-37-33-29-12-10-8-6-4-2)50-69-59-58(67)57(66)56(65)53(49-61)70-59/h14-15,20,22,25,28,41,45,51-53,56-59,61-62,65-67H,3-13,16-19,21,23-24,26-27,29-40,42-44,46-50H2,1-2H3,(H,60,63)/b15-14-,22-20-,28-25-,45-41+. The summed E-state index contributed by atoms with van der Waals surface area (Å²) in [4.78, 5) is 25.0. The number of rotatable bonds is 49. The molecular formula is C59H107NO10. The van der Waals surface area contributed by atoms with E-state index in [0.717, 1.165) is 89.9 Å². The minimum Gasteiger partial charge on any atom is -0.466 e. The third kappa shape index (κ3) is 38.3. The monoisotopic (exact) mass is 990 g/mol. The highest BCUT2D eigenvalue weighted by atomic mass is 16.7. The fourth-order valence-corrected chi connectivity index (χ4v) is 8.77. The van der Waals surface area contributed by atoms with Crippen molar-refractivity contribution in [3.63, 3.8) is 0 Å². The second-order valence-corrected chi connectivity index (χ2v) is 20.0. The zero-order chi connectivity index (χ0) is 51.0. The Bertz CT molecular complexity index is 1300. The predicted octanol–water partition coefficient (Wildman–Crippen LogP) is 12.9. The van der Waals surface area contributed by atoms with E-state index in [2.05, 4.69) is 55.6 Å². The van der Waals surface area contributed by atoms with Gasteiger partial charge in [-0.25, -0.2) is 0 Å². The van der Waals surface area contributed by atoms with E-state index in [1.54, 1.807) is 6.08 Å². The number of hydrogen-bond acceptors (Lipinski definition) is 10. The molecule has 0 aliphatic carbocycles. The molecule has 0 aromatic carbocycles. The maximum absolute atomic E-state index is 13.0. The number of carbonyl (C=O) groups excluding carboxylic acids is 2. The normalized spacial score (nSPS) is 19.6. The number of aliphatic hydroxyl groups is 5. The van der Waals surface area contributed by atoms with Crippen LogP contribution in [0.5, 0.6) is 0 Å². The van der Waals surface area contributed by atoms with Crippen molar-refractivity contribution >= 4 is 11.9 Å². The molecule has 1 saturated heterocycles. The lowest BCUT2D eigenvalue weighted by Gasteiger charge is -2.40. The summed E-state index contributed by atoms with van der Waals surface area (Å²) in [5.41, 5.74) is 0. The first-order valence-electron chi connectivity index (χ1n) is 28.9. The molecule has 0 saturated carbocycles. The lowest BCUT2D eigenvalue weighted by Crippen LogP contribution is -2.60. The highest BCUT2D eigenvalue weighted by molar-refractivity contribution is 5.76. The number of carbonyl (C=O) groups is 2. The number of ether oxygens (including phenoxy) is 3. The van der Waals surface area contributed by atoms with Gasteiger partial charge in [-0.2, -0.15) is 0 Å². The van der Waals surface area contributed by atoms with Crippen molar-refractivity contribution in [2.75, 3.05) is 19.8 Å². The van der Waals surface area contributed by atoms with Crippen LogP contribution in [0.3, 0.4) is 0 Å². The molecule has 1 aliphatic rings. The van der Waals surface area contributed by atoms with E-state index in [4.69, 9.17) is 14.2 Å². The summed E-state index contributed by atoms with van der Waals surface area (Å²) in [6, 6.07) is -0.817. The molecule has 11 heteroatoms. The Labute approximate surface area is 427 Å². The third-order valence-corrected chi connectivity index (χ3v) is 13.4. The molecule has 1 heterocycles. The quantitative estimate of drug-likeness (QED) is 0.0149. The summed E-state index contributed by atoms with van der Waals surface area (Å²) in [6.07, 6.45) is 50.7. The van der Waals surface area contributed by atoms with Gasteiger partial charge in [0.1, 0.15) is 24.4 Å². The van der Waals surface area contributed by atoms with Crippen molar-refractivity contribution in [3.8, 4) is 0 Å². The molecule has 70 heavy (non-hydrogen) atoms. The van der Waals surface area contributed by atoms with Gasteiger partial charge in [-0.3, -0.25) is 9.59 Å². The molecule has 6 N–H and O–H groups in total. The summed E-state index contributed by atoms with van der Waals surface area (Å²) in [5, 5.41) is 54.2. The minimum absolute atomic E-state index is 0.0375. The number of amides is 1. The molecule has 1 rings (SSSR count). The van der Waals surface area contributed by atoms with E-state index in [1.807, 2.05) is 6.08 Å². The molecule has 11 nitrogen and oxygen atoms in total. The SMILES string of the molecule is CCCCCCC/C=C\CCCCCCCC(=O)OCCCCC/C=C\C=C/CCCCCCCCCCCCC(=O)NC(COC1OC(CO)C(O)C(O)C1O)C(O)/C=C/CCCCCCCCC. The van der Waals surface area contributed by atoms with Gasteiger partial charge in [0.25, 0.3) is 0 Å². The van der Waals surface area contributed by atoms with Crippen LogP contribution in [0.25, 0.3) is 0 Å². The second kappa shape index (κ2) is 48.9. The third-order valence-electron chi connectivity index (χ3n) is 13.4. The van der Waals surface area contributed by atoms with E-state index in [-0.39, 0.29) is 18.5 Å². The van der Waals surface area contributed by atoms with Crippen molar-refractivity contribution < 1.29 is 49.3 Å². The predicted molar refractivity (Wildman–Crippen MR) is 287 cm³/mol. The van der Waals surface area contributed by atoms with Crippen LogP contribution in [0, 0.1) is 0 Å². The van der Waals surface area contributed by atoms with Crippen molar-refractivity contribution in [3.05, 3.63) is 48.6 Å². The number of hydrogen-bond donors (Lipinski definition) is 6. The molecular weight excluding hydrogens is 883 g/mol. The van der Waals surface area contributed by atoms with Gasteiger partial charge in [-0.05, 0) is 89.9 Å². The lowest BCUT2D eigenvalue weighted by molar-refractivity contribution is -0.302. The Morgan fingerprint density at radius 1 is 0.529 bits per heavy atom. The molecule has 1 amide bonds. The molecule has 7 atom stereocenters. The van der Waals surface area contributed by atoms with Crippen LogP contribution in [0.15, 0.2) is 48.6 Å². The van der Waals surface area contributed by atoms with Crippen LogP contribution < -0.4 is 5.32 Å². The molecule has 0 aromatic heterocycles. The van der Waals surface area contributed by atoms with Gasteiger partial charge in [-0.1, -0.05) is 197 Å². The van der Waals surface area contributed by atoms with Crippen LogP contribution in [-0.2, 0) is 23.8 Å². The minimum atomic E-state index is -1.57. The van der Waals surface area contributed by atoms with E-state index in [9.17, 15) is 35.1 Å². The van der Waals surface area contributed by atoms with Gasteiger partial charge < -0.3 is 45.1 Å². The van der Waals surface area contributed by atoms with Gasteiger partial charge in [0.05, 0.1) is 32.0 Å². The molecule has 0 aromatic rings. The first-order valence-corrected chi connectivity index (χ1v) is 28.9. The smallest absolute Gasteiger partial charge is 0.305 e. The largest absolute Gasteiger partial charge is 0.466 e. The van der Waals surface area contributed by atoms with Crippen LogP contribution in [0.2, 0.25) is 0 Å². The number of unbranched alkanes of at least 4 members (excludes halogenated alkanes) is 30. The van der Waals surface area contributed by atoms with E-state index >= 15 is 0 Å². The fourth-order valence-electron chi connectivity index (χ4n) is 8.77. The number of esters is 1. The van der Waals surface area contributed by atoms with Crippen LogP contribution in [-0.4, -0.2) is 100 Å². The van der Waals surface area contributed by atoms with E-state index < -0.39 is 49.5 Å². The summed E-state index contributed by atoms with van der Waals surface area (Å²) in [5.74, 6) is -0.232. The number of allylic oxidation sites excluding steroid dienone is 7. The summed E-state index contributed by atoms with van der Waals surface area (Å²) in [6.45, 7) is 4.24. The molecule has 1 fully saturated rings. The van der Waals surface area contributed by atoms with E-state index in [1.165, 1.54) is 135 Å². The van der Waals surface area contributed by atoms with Crippen molar-refractivity contribution in [1.82, 2.24) is 5.32 Å². The Balaban J connectivity index is 2.07. The maximum atomic E-state index is 13.0. The molecule has 0 bridgehead atoms. The first-order chi connectivity index (χ1) is 34.2. The van der Waals surface area contributed by atoms with Crippen LogP contribution in [0.4, 0.5) is 0 Å².